The number of pyridine rings is 1. The van der Waals surface area contributed by atoms with Gasteiger partial charge in [0, 0.05) is 17.3 Å². The van der Waals surface area contributed by atoms with Crippen LogP contribution in [0.2, 0.25) is 5.15 Å². The van der Waals surface area contributed by atoms with Gasteiger partial charge in [-0.05, 0) is 30.3 Å². The second kappa shape index (κ2) is 8.69. The second-order valence-corrected chi connectivity index (χ2v) is 6.83. The van der Waals surface area contributed by atoms with Crippen molar-refractivity contribution in [2.24, 2.45) is 0 Å². The molecule has 2 heterocycles. The van der Waals surface area contributed by atoms with E-state index in [0.29, 0.717) is 18.2 Å². The van der Waals surface area contributed by atoms with Crippen LogP contribution in [-0.2, 0) is 12.4 Å². The van der Waals surface area contributed by atoms with Crippen molar-refractivity contribution in [1.82, 2.24) is 15.0 Å². The van der Waals surface area contributed by atoms with Crippen molar-refractivity contribution < 1.29 is 44.3 Å². The second-order valence-electron chi connectivity index (χ2n) is 6.44. The lowest BCUT2D eigenvalue weighted by molar-refractivity contribution is -0.158. The first kappa shape index (κ1) is 24.6. The SMILES string of the molecule is FC(F)(F)COc1cc(-c2cc(C(F)(F)F)nc(-c3ccnc(Cl)c3)n2)ccc1C(F)(F)F. The van der Waals surface area contributed by atoms with Gasteiger partial charge in [-0.15, -0.1) is 0 Å². The maximum Gasteiger partial charge on any atom is 0.433 e. The molecule has 0 saturated carbocycles. The molecular formula is C19H9ClF9N3O. The molecule has 3 aromatic rings. The van der Waals surface area contributed by atoms with E-state index >= 15 is 0 Å². The van der Waals surface area contributed by atoms with Gasteiger partial charge in [0.25, 0.3) is 0 Å². The van der Waals surface area contributed by atoms with Gasteiger partial charge in [0.1, 0.15) is 16.6 Å². The van der Waals surface area contributed by atoms with Crippen molar-refractivity contribution in [2.75, 3.05) is 6.61 Å². The third kappa shape index (κ3) is 6.24. The summed E-state index contributed by atoms with van der Waals surface area (Å²) >= 11 is 5.73. The van der Waals surface area contributed by atoms with Crippen LogP contribution >= 0.6 is 11.6 Å². The topological polar surface area (TPSA) is 47.9 Å². The quantitative estimate of drug-likeness (QED) is 0.290. The van der Waals surface area contributed by atoms with Crippen LogP contribution in [0.3, 0.4) is 0 Å². The Morgan fingerprint density at radius 2 is 1.48 bits per heavy atom. The lowest BCUT2D eigenvalue weighted by Crippen LogP contribution is -2.21. The van der Waals surface area contributed by atoms with E-state index in [1.807, 2.05) is 0 Å². The normalized spacial score (nSPS) is 12.7. The van der Waals surface area contributed by atoms with Gasteiger partial charge in [-0.3, -0.25) is 0 Å². The van der Waals surface area contributed by atoms with Gasteiger partial charge in [0.15, 0.2) is 12.4 Å². The Morgan fingerprint density at radius 3 is 2.06 bits per heavy atom. The smallest absolute Gasteiger partial charge is 0.433 e. The van der Waals surface area contributed by atoms with Crippen LogP contribution in [0.4, 0.5) is 39.5 Å². The summed E-state index contributed by atoms with van der Waals surface area (Å²) in [5, 5.41) is -0.0903. The highest BCUT2D eigenvalue weighted by atomic mass is 35.5. The fraction of sp³-hybridized carbons (Fsp3) is 0.211. The molecule has 0 atom stereocenters. The summed E-state index contributed by atoms with van der Waals surface area (Å²) in [6.07, 6.45) is -13.8. The largest absolute Gasteiger partial charge is 0.483 e. The van der Waals surface area contributed by atoms with Crippen molar-refractivity contribution in [1.29, 1.82) is 0 Å². The maximum atomic E-state index is 13.4. The zero-order chi connectivity index (χ0) is 24.6. The number of hydrogen-bond donors (Lipinski definition) is 0. The number of halogens is 10. The molecule has 0 spiro atoms. The molecule has 176 valence electrons. The Bertz CT molecular complexity index is 1160. The lowest BCUT2D eigenvalue weighted by atomic mass is 10.1. The first-order valence-corrected chi connectivity index (χ1v) is 9.01. The summed E-state index contributed by atoms with van der Waals surface area (Å²) in [5.41, 5.74) is -3.84. The number of benzene rings is 1. The monoisotopic (exact) mass is 501 g/mol. The molecule has 33 heavy (non-hydrogen) atoms. The molecule has 4 nitrogen and oxygen atoms in total. The van der Waals surface area contributed by atoms with E-state index in [1.165, 1.54) is 12.3 Å². The van der Waals surface area contributed by atoms with Gasteiger partial charge < -0.3 is 4.74 Å². The van der Waals surface area contributed by atoms with Crippen molar-refractivity contribution >= 4 is 11.6 Å². The third-order valence-corrected chi connectivity index (χ3v) is 4.18. The Kier molecular flexibility index (Phi) is 6.46. The average Bonchev–Trinajstić information content (AvgIpc) is 2.70. The van der Waals surface area contributed by atoms with Crippen LogP contribution in [0.15, 0.2) is 42.6 Å². The number of hydrogen-bond acceptors (Lipinski definition) is 4. The minimum atomic E-state index is -5.08. The molecule has 3 rings (SSSR count). The first-order chi connectivity index (χ1) is 15.1. The Hall–Kier alpha value is -3.09. The molecule has 0 aliphatic heterocycles. The van der Waals surface area contributed by atoms with E-state index in [-0.39, 0.29) is 16.3 Å². The summed E-state index contributed by atoms with van der Waals surface area (Å²) < 4.78 is 121. The zero-order valence-corrected chi connectivity index (χ0v) is 16.5. The predicted octanol–water partition coefficient (Wildman–Crippen LogP) is 6.84. The highest BCUT2D eigenvalue weighted by Gasteiger charge is 2.37. The van der Waals surface area contributed by atoms with Gasteiger partial charge in [-0.1, -0.05) is 17.7 Å². The van der Waals surface area contributed by atoms with E-state index in [0.717, 1.165) is 12.1 Å². The molecule has 0 amide bonds. The molecule has 0 unspecified atom stereocenters. The highest BCUT2D eigenvalue weighted by molar-refractivity contribution is 6.29. The van der Waals surface area contributed by atoms with Crippen molar-refractivity contribution in [3.8, 4) is 28.4 Å². The van der Waals surface area contributed by atoms with Crippen molar-refractivity contribution in [2.45, 2.75) is 18.5 Å². The van der Waals surface area contributed by atoms with Crippen molar-refractivity contribution in [3.63, 3.8) is 0 Å². The maximum absolute atomic E-state index is 13.4. The summed E-state index contributed by atoms with van der Waals surface area (Å²) in [5.74, 6) is -1.71. The van der Waals surface area contributed by atoms with Crippen LogP contribution in [0.5, 0.6) is 5.75 Å². The minimum Gasteiger partial charge on any atom is -0.483 e. The van der Waals surface area contributed by atoms with Crippen LogP contribution in [0.25, 0.3) is 22.6 Å². The van der Waals surface area contributed by atoms with Crippen molar-refractivity contribution in [3.05, 3.63) is 59.0 Å². The molecule has 0 fully saturated rings. The number of rotatable bonds is 4. The van der Waals surface area contributed by atoms with Crippen LogP contribution in [-0.4, -0.2) is 27.7 Å². The van der Waals surface area contributed by atoms with E-state index in [1.54, 1.807) is 0 Å². The predicted molar refractivity (Wildman–Crippen MR) is 97.3 cm³/mol. The minimum absolute atomic E-state index is 0.0165. The molecule has 0 aliphatic carbocycles. The molecule has 0 N–H and O–H groups in total. The summed E-state index contributed by atoms with van der Waals surface area (Å²) in [7, 11) is 0. The van der Waals surface area contributed by atoms with E-state index in [2.05, 4.69) is 19.7 Å². The molecule has 0 saturated heterocycles. The standard InChI is InChI=1S/C19H9ClF9N3O/c20-15-6-10(3-4-30-15)16-31-12(7-14(32-16)19(27,28)29)9-1-2-11(18(24,25)26)13(5-9)33-8-17(21,22)23/h1-7H,8H2. The molecule has 14 heteroatoms. The molecule has 1 aromatic carbocycles. The highest BCUT2D eigenvalue weighted by Crippen LogP contribution is 2.40. The molecule has 0 bridgehead atoms. The van der Waals surface area contributed by atoms with Gasteiger partial charge >= 0.3 is 18.5 Å². The molecule has 0 radical (unpaired) electrons. The molecule has 0 aliphatic rings. The Labute approximate surface area is 184 Å². The first-order valence-electron chi connectivity index (χ1n) is 8.63. The third-order valence-electron chi connectivity index (χ3n) is 3.98. The number of aromatic nitrogens is 3. The summed E-state index contributed by atoms with van der Waals surface area (Å²) in [6, 6.07) is 4.53. The fourth-order valence-corrected chi connectivity index (χ4v) is 2.78. The Morgan fingerprint density at radius 1 is 0.788 bits per heavy atom. The van der Waals surface area contributed by atoms with Gasteiger partial charge in [0.2, 0.25) is 0 Å². The van der Waals surface area contributed by atoms with Crippen LogP contribution in [0, 0.1) is 0 Å². The van der Waals surface area contributed by atoms with Gasteiger partial charge in [0.05, 0.1) is 11.3 Å². The zero-order valence-electron chi connectivity index (χ0n) is 15.8. The summed E-state index contributed by atoms with van der Waals surface area (Å²) in [4.78, 5) is 11.0. The lowest BCUT2D eigenvalue weighted by Gasteiger charge is -2.17. The fourth-order valence-electron chi connectivity index (χ4n) is 2.61. The van der Waals surface area contributed by atoms with E-state index in [4.69, 9.17) is 11.6 Å². The Balaban J connectivity index is 2.17. The van der Waals surface area contributed by atoms with E-state index < -0.39 is 53.7 Å². The van der Waals surface area contributed by atoms with Gasteiger partial charge in [-0.25, -0.2) is 15.0 Å². The van der Waals surface area contributed by atoms with E-state index in [9.17, 15) is 39.5 Å². The number of nitrogens with zero attached hydrogens (tertiary/aromatic N) is 3. The van der Waals surface area contributed by atoms with Gasteiger partial charge in [-0.2, -0.15) is 39.5 Å². The number of ether oxygens (including phenoxy) is 1. The van der Waals surface area contributed by atoms with Crippen LogP contribution in [0.1, 0.15) is 11.3 Å². The molecular weight excluding hydrogens is 493 g/mol. The number of alkyl halides is 9. The molecule has 2 aromatic heterocycles. The van der Waals surface area contributed by atoms with Crippen LogP contribution < -0.4 is 4.74 Å². The summed E-state index contributed by atoms with van der Waals surface area (Å²) in [6.45, 7) is -2.04. The average molecular weight is 502 g/mol.